The molecule has 110 valence electrons. The number of anilines is 1. The summed E-state index contributed by atoms with van der Waals surface area (Å²) in [4.78, 5) is 0. The van der Waals surface area contributed by atoms with Crippen LogP contribution in [-0.2, 0) is 6.42 Å². The average molecular weight is 281 g/mol. The fraction of sp³-hybridized carbons (Fsp3) is 0.368. The molecule has 2 nitrogen and oxygen atoms in total. The molecule has 0 spiro atoms. The normalized spacial score (nSPS) is 16.7. The largest absolute Gasteiger partial charge is 0.496 e. The molecule has 2 heteroatoms. The third-order valence-corrected chi connectivity index (χ3v) is 4.52. The van der Waals surface area contributed by atoms with E-state index in [2.05, 4.69) is 56.4 Å². The maximum Gasteiger partial charge on any atom is 0.126 e. The Labute approximate surface area is 127 Å². The maximum absolute atomic E-state index is 5.53. The summed E-state index contributed by atoms with van der Waals surface area (Å²) in [6, 6.07) is 11.5. The van der Waals surface area contributed by atoms with Crippen LogP contribution in [0.1, 0.15) is 40.3 Å². The fourth-order valence-electron chi connectivity index (χ4n) is 3.36. The first-order chi connectivity index (χ1) is 10.1. The van der Waals surface area contributed by atoms with Gasteiger partial charge in [-0.25, -0.2) is 0 Å². The molecule has 1 unspecified atom stereocenters. The molecule has 0 saturated carbocycles. The Hall–Kier alpha value is -1.96. The lowest BCUT2D eigenvalue weighted by Gasteiger charge is -2.20. The molecule has 0 bridgehead atoms. The lowest BCUT2D eigenvalue weighted by atomic mass is 10.0. The van der Waals surface area contributed by atoms with Crippen LogP contribution in [0.15, 0.2) is 30.3 Å². The van der Waals surface area contributed by atoms with Gasteiger partial charge in [0.2, 0.25) is 0 Å². The first-order valence-corrected chi connectivity index (χ1v) is 7.60. The summed E-state index contributed by atoms with van der Waals surface area (Å²) in [7, 11) is 1.74. The molecule has 1 aliphatic carbocycles. The van der Waals surface area contributed by atoms with Crippen LogP contribution in [0.3, 0.4) is 0 Å². The Morgan fingerprint density at radius 3 is 2.67 bits per heavy atom. The van der Waals surface area contributed by atoms with E-state index in [4.69, 9.17) is 4.74 Å². The quantitative estimate of drug-likeness (QED) is 0.879. The van der Waals surface area contributed by atoms with Gasteiger partial charge < -0.3 is 10.1 Å². The number of rotatable bonds is 3. The number of hydrogen-bond donors (Lipinski definition) is 1. The van der Waals surface area contributed by atoms with Crippen molar-refractivity contribution in [3.05, 3.63) is 58.1 Å². The second kappa shape index (κ2) is 5.44. The molecule has 2 aromatic rings. The molecule has 1 N–H and O–H groups in total. The summed E-state index contributed by atoms with van der Waals surface area (Å²) in [6.07, 6.45) is 2.32. The van der Waals surface area contributed by atoms with E-state index in [0.717, 1.165) is 18.6 Å². The highest BCUT2D eigenvalue weighted by molar-refractivity contribution is 5.61. The number of aryl methyl sites for hydroxylation is 3. The van der Waals surface area contributed by atoms with Gasteiger partial charge in [0.05, 0.1) is 13.2 Å². The molecular weight excluding hydrogens is 258 g/mol. The number of nitrogens with one attached hydrogen (secondary N) is 1. The Morgan fingerprint density at radius 1 is 1.10 bits per heavy atom. The molecule has 1 atom stereocenters. The van der Waals surface area contributed by atoms with Crippen molar-refractivity contribution >= 4 is 5.69 Å². The van der Waals surface area contributed by atoms with Crippen molar-refractivity contribution in [2.75, 3.05) is 12.4 Å². The van der Waals surface area contributed by atoms with Gasteiger partial charge in [-0.15, -0.1) is 0 Å². The third kappa shape index (κ3) is 2.51. The zero-order valence-electron chi connectivity index (χ0n) is 13.3. The van der Waals surface area contributed by atoms with Gasteiger partial charge in [-0.2, -0.15) is 0 Å². The molecule has 0 radical (unpaired) electrons. The van der Waals surface area contributed by atoms with E-state index < -0.39 is 0 Å². The molecule has 0 fully saturated rings. The van der Waals surface area contributed by atoms with Crippen LogP contribution in [0.4, 0.5) is 5.69 Å². The number of methoxy groups -OCH3 is 1. The lowest BCUT2D eigenvalue weighted by Crippen LogP contribution is -2.09. The molecule has 21 heavy (non-hydrogen) atoms. The standard InChI is InChI=1S/C19H23NO/c1-12-5-7-15-8-10-18(16(15)11-12)20-17-9-6-13(2)19(21-4)14(17)3/h5-7,9,11,18,20H,8,10H2,1-4H3. The summed E-state index contributed by atoms with van der Waals surface area (Å²) in [5, 5.41) is 3.71. The smallest absolute Gasteiger partial charge is 0.126 e. The highest BCUT2D eigenvalue weighted by Gasteiger charge is 2.23. The summed E-state index contributed by atoms with van der Waals surface area (Å²) in [6.45, 7) is 6.37. The minimum atomic E-state index is 0.408. The van der Waals surface area contributed by atoms with Gasteiger partial charge >= 0.3 is 0 Å². The van der Waals surface area contributed by atoms with Gasteiger partial charge in [0.25, 0.3) is 0 Å². The van der Waals surface area contributed by atoms with Crippen molar-refractivity contribution in [3.63, 3.8) is 0 Å². The van der Waals surface area contributed by atoms with Crippen molar-refractivity contribution in [2.24, 2.45) is 0 Å². The van der Waals surface area contributed by atoms with Gasteiger partial charge in [0, 0.05) is 11.3 Å². The van der Waals surface area contributed by atoms with Crippen molar-refractivity contribution < 1.29 is 4.74 Å². The van der Waals surface area contributed by atoms with E-state index >= 15 is 0 Å². The lowest BCUT2D eigenvalue weighted by molar-refractivity contribution is 0.409. The van der Waals surface area contributed by atoms with Crippen LogP contribution >= 0.6 is 0 Å². The predicted octanol–water partition coefficient (Wildman–Crippen LogP) is 4.72. The summed E-state index contributed by atoms with van der Waals surface area (Å²) < 4.78 is 5.53. The van der Waals surface area contributed by atoms with Crippen molar-refractivity contribution in [2.45, 2.75) is 39.7 Å². The topological polar surface area (TPSA) is 21.3 Å². The molecule has 0 aliphatic heterocycles. The highest BCUT2D eigenvalue weighted by atomic mass is 16.5. The second-order valence-electron chi connectivity index (χ2n) is 6.03. The number of hydrogen-bond acceptors (Lipinski definition) is 2. The summed E-state index contributed by atoms with van der Waals surface area (Å²) >= 11 is 0. The number of ether oxygens (including phenoxy) is 1. The summed E-state index contributed by atoms with van der Waals surface area (Å²) in [5.41, 5.74) is 7.82. The third-order valence-electron chi connectivity index (χ3n) is 4.52. The van der Waals surface area contributed by atoms with Crippen LogP contribution in [0.5, 0.6) is 5.75 Å². The van der Waals surface area contributed by atoms with Crippen LogP contribution in [0.25, 0.3) is 0 Å². The predicted molar refractivity (Wildman–Crippen MR) is 88.3 cm³/mol. The molecule has 2 aromatic carbocycles. The van der Waals surface area contributed by atoms with E-state index in [-0.39, 0.29) is 0 Å². The summed E-state index contributed by atoms with van der Waals surface area (Å²) in [5.74, 6) is 0.988. The van der Waals surface area contributed by atoms with E-state index in [1.54, 1.807) is 7.11 Å². The first-order valence-electron chi connectivity index (χ1n) is 7.60. The van der Waals surface area contributed by atoms with Crippen molar-refractivity contribution in [1.82, 2.24) is 0 Å². The Bertz CT molecular complexity index is 676. The first kappa shape index (κ1) is 14.0. The molecule has 0 aromatic heterocycles. The zero-order chi connectivity index (χ0) is 15.0. The monoisotopic (exact) mass is 281 g/mol. The van der Waals surface area contributed by atoms with E-state index in [1.165, 1.54) is 33.5 Å². The Balaban J connectivity index is 1.91. The molecule has 0 saturated heterocycles. The van der Waals surface area contributed by atoms with Crippen LogP contribution in [0.2, 0.25) is 0 Å². The number of fused-ring (bicyclic) bond motifs is 1. The Morgan fingerprint density at radius 2 is 1.90 bits per heavy atom. The van der Waals surface area contributed by atoms with E-state index in [0.29, 0.717) is 6.04 Å². The van der Waals surface area contributed by atoms with E-state index in [1.807, 2.05) is 0 Å². The van der Waals surface area contributed by atoms with Crippen molar-refractivity contribution in [3.8, 4) is 5.75 Å². The minimum absolute atomic E-state index is 0.408. The SMILES string of the molecule is COc1c(C)ccc(NC2CCc3ccc(C)cc32)c1C. The van der Waals surface area contributed by atoms with E-state index in [9.17, 15) is 0 Å². The van der Waals surface area contributed by atoms with Gasteiger partial charge in [-0.05, 0) is 56.4 Å². The average Bonchev–Trinajstić information content (AvgIpc) is 2.85. The molecule has 0 amide bonds. The molecule has 3 rings (SSSR count). The van der Waals surface area contributed by atoms with Crippen LogP contribution < -0.4 is 10.1 Å². The Kier molecular flexibility index (Phi) is 3.62. The van der Waals surface area contributed by atoms with Gasteiger partial charge in [0.15, 0.2) is 0 Å². The molecule has 0 heterocycles. The zero-order valence-corrected chi connectivity index (χ0v) is 13.3. The minimum Gasteiger partial charge on any atom is -0.496 e. The fourth-order valence-corrected chi connectivity index (χ4v) is 3.36. The molecular formula is C19H23NO. The highest BCUT2D eigenvalue weighted by Crippen LogP contribution is 2.37. The van der Waals surface area contributed by atoms with Crippen LogP contribution in [-0.4, -0.2) is 7.11 Å². The van der Waals surface area contributed by atoms with Crippen molar-refractivity contribution in [1.29, 1.82) is 0 Å². The second-order valence-corrected chi connectivity index (χ2v) is 6.03. The van der Waals surface area contributed by atoms with Gasteiger partial charge in [-0.3, -0.25) is 0 Å². The van der Waals surface area contributed by atoms with Gasteiger partial charge in [0.1, 0.15) is 5.75 Å². The maximum atomic E-state index is 5.53. The van der Waals surface area contributed by atoms with Gasteiger partial charge in [-0.1, -0.05) is 29.8 Å². The van der Waals surface area contributed by atoms with Crippen LogP contribution in [0, 0.1) is 20.8 Å². The number of benzene rings is 2. The molecule has 1 aliphatic rings.